The standard InChI is InChI=1S/C19H22Cl2N2/c1-14-18(21)3-2-4-19(14)22-17-9-11-23(12-10-17)13-15-5-7-16(20)8-6-15/h2-8,17,22H,9-13H2,1H3. The summed E-state index contributed by atoms with van der Waals surface area (Å²) in [6, 6.07) is 14.7. The average Bonchev–Trinajstić information content (AvgIpc) is 2.56. The molecular weight excluding hydrogens is 327 g/mol. The number of nitrogens with zero attached hydrogens (tertiary/aromatic N) is 1. The molecular formula is C19H22Cl2N2. The first-order valence-corrected chi connectivity index (χ1v) is 8.86. The molecule has 1 fully saturated rings. The maximum Gasteiger partial charge on any atom is 0.0455 e. The van der Waals surface area contributed by atoms with Crippen molar-refractivity contribution in [3.63, 3.8) is 0 Å². The molecule has 0 bridgehead atoms. The van der Waals surface area contributed by atoms with Gasteiger partial charge in [-0.3, -0.25) is 4.90 Å². The highest BCUT2D eigenvalue weighted by atomic mass is 35.5. The number of halogens is 2. The fourth-order valence-electron chi connectivity index (χ4n) is 3.07. The van der Waals surface area contributed by atoms with Gasteiger partial charge in [-0.05, 0) is 55.2 Å². The van der Waals surface area contributed by atoms with Crippen molar-refractivity contribution < 1.29 is 0 Å². The van der Waals surface area contributed by atoms with Crippen molar-refractivity contribution >= 4 is 28.9 Å². The van der Waals surface area contributed by atoms with Gasteiger partial charge in [0.2, 0.25) is 0 Å². The molecule has 1 saturated heterocycles. The second kappa shape index (κ2) is 7.57. The van der Waals surface area contributed by atoms with E-state index in [1.165, 1.54) is 5.56 Å². The monoisotopic (exact) mass is 348 g/mol. The quantitative estimate of drug-likeness (QED) is 0.797. The third kappa shape index (κ3) is 4.41. The first-order chi connectivity index (χ1) is 11.1. The van der Waals surface area contributed by atoms with Gasteiger partial charge in [0, 0.05) is 41.4 Å². The van der Waals surface area contributed by atoms with Crippen molar-refractivity contribution in [2.45, 2.75) is 32.4 Å². The highest BCUT2D eigenvalue weighted by Gasteiger charge is 2.19. The van der Waals surface area contributed by atoms with Gasteiger partial charge in [-0.25, -0.2) is 0 Å². The molecule has 1 aliphatic heterocycles. The molecule has 1 N–H and O–H groups in total. The molecule has 0 spiro atoms. The van der Waals surface area contributed by atoms with Gasteiger partial charge in [-0.1, -0.05) is 41.4 Å². The molecule has 0 aliphatic carbocycles. The highest BCUT2D eigenvalue weighted by molar-refractivity contribution is 6.31. The SMILES string of the molecule is Cc1c(Cl)cccc1NC1CCN(Cc2ccc(Cl)cc2)CC1. The summed E-state index contributed by atoms with van der Waals surface area (Å²) in [4.78, 5) is 2.51. The van der Waals surface area contributed by atoms with Crippen LogP contribution in [0.5, 0.6) is 0 Å². The zero-order valence-corrected chi connectivity index (χ0v) is 14.9. The molecule has 0 radical (unpaired) electrons. The Bertz CT molecular complexity index is 647. The summed E-state index contributed by atoms with van der Waals surface area (Å²) in [5.41, 5.74) is 3.62. The van der Waals surface area contributed by atoms with Gasteiger partial charge in [-0.2, -0.15) is 0 Å². The molecule has 0 unspecified atom stereocenters. The first-order valence-electron chi connectivity index (χ1n) is 8.10. The lowest BCUT2D eigenvalue weighted by Crippen LogP contribution is -2.38. The van der Waals surface area contributed by atoms with Crippen molar-refractivity contribution in [2.24, 2.45) is 0 Å². The van der Waals surface area contributed by atoms with Crippen LogP contribution in [0.15, 0.2) is 42.5 Å². The summed E-state index contributed by atoms with van der Waals surface area (Å²) >= 11 is 12.1. The number of hydrogen-bond donors (Lipinski definition) is 1. The van der Waals surface area contributed by atoms with Crippen LogP contribution in [0.4, 0.5) is 5.69 Å². The molecule has 0 atom stereocenters. The zero-order valence-electron chi connectivity index (χ0n) is 13.4. The van der Waals surface area contributed by atoms with E-state index in [1.807, 2.05) is 24.3 Å². The number of piperidine rings is 1. The molecule has 2 aromatic carbocycles. The zero-order chi connectivity index (χ0) is 16.2. The molecule has 122 valence electrons. The van der Waals surface area contributed by atoms with E-state index in [2.05, 4.69) is 35.3 Å². The fraction of sp³-hybridized carbons (Fsp3) is 0.368. The van der Waals surface area contributed by atoms with Gasteiger partial charge in [-0.15, -0.1) is 0 Å². The Morgan fingerprint density at radius 3 is 2.43 bits per heavy atom. The lowest BCUT2D eigenvalue weighted by molar-refractivity contribution is 0.211. The van der Waals surface area contributed by atoms with Crippen LogP contribution in [0.1, 0.15) is 24.0 Å². The van der Waals surface area contributed by atoms with Crippen LogP contribution in [0, 0.1) is 6.92 Å². The van der Waals surface area contributed by atoms with E-state index in [1.54, 1.807) is 0 Å². The first kappa shape index (κ1) is 16.6. The lowest BCUT2D eigenvalue weighted by atomic mass is 10.0. The third-order valence-corrected chi connectivity index (χ3v) is 5.20. The fourth-order valence-corrected chi connectivity index (χ4v) is 3.37. The van der Waals surface area contributed by atoms with Gasteiger partial charge in [0.1, 0.15) is 0 Å². The Kier molecular flexibility index (Phi) is 5.47. The molecule has 0 aromatic heterocycles. The largest absolute Gasteiger partial charge is 0.382 e. The minimum atomic E-state index is 0.522. The van der Waals surface area contributed by atoms with E-state index in [0.717, 1.165) is 53.8 Å². The second-order valence-corrected chi connectivity index (χ2v) is 7.08. The Balaban J connectivity index is 1.52. The number of anilines is 1. The summed E-state index contributed by atoms with van der Waals surface area (Å²) in [7, 11) is 0. The third-order valence-electron chi connectivity index (χ3n) is 4.53. The summed E-state index contributed by atoms with van der Waals surface area (Å²) < 4.78 is 0. The van der Waals surface area contributed by atoms with Crippen LogP contribution in [0.2, 0.25) is 10.0 Å². The Morgan fingerprint density at radius 1 is 1.04 bits per heavy atom. The van der Waals surface area contributed by atoms with Crippen LogP contribution in [-0.4, -0.2) is 24.0 Å². The summed E-state index contributed by atoms with van der Waals surface area (Å²) in [5.74, 6) is 0. The van der Waals surface area contributed by atoms with Crippen molar-refractivity contribution in [3.8, 4) is 0 Å². The molecule has 0 amide bonds. The van der Waals surface area contributed by atoms with E-state index in [9.17, 15) is 0 Å². The van der Waals surface area contributed by atoms with E-state index in [-0.39, 0.29) is 0 Å². The van der Waals surface area contributed by atoms with E-state index in [0.29, 0.717) is 6.04 Å². The van der Waals surface area contributed by atoms with Gasteiger partial charge < -0.3 is 5.32 Å². The number of rotatable bonds is 4. The van der Waals surface area contributed by atoms with Gasteiger partial charge in [0.25, 0.3) is 0 Å². The van der Waals surface area contributed by atoms with Crippen LogP contribution in [0.25, 0.3) is 0 Å². The van der Waals surface area contributed by atoms with Crippen LogP contribution >= 0.6 is 23.2 Å². The minimum Gasteiger partial charge on any atom is -0.382 e. The van der Waals surface area contributed by atoms with Gasteiger partial charge in [0.15, 0.2) is 0 Å². The second-order valence-electron chi connectivity index (χ2n) is 6.23. The summed E-state index contributed by atoms with van der Waals surface area (Å²) in [5, 5.41) is 5.28. The van der Waals surface area contributed by atoms with Crippen molar-refractivity contribution in [1.29, 1.82) is 0 Å². The van der Waals surface area contributed by atoms with Crippen molar-refractivity contribution in [1.82, 2.24) is 4.90 Å². The van der Waals surface area contributed by atoms with E-state index >= 15 is 0 Å². The highest BCUT2D eigenvalue weighted by Crippen LogP contribution is 2.25. The van der Waals surface area contributed by atoms with E-state index in [4.69, 9.17) is 23.2 Å². The summed E-state index contributed by atoms with van der Waals surface area (Å²) in [6.07, 6.45) is 2.30. The normalized spacial score (nSPS) is 16.5. The molecule has 3 rings (SSSR count). The van der Waals surface area contributed by atoms with Gasteiger partial charge in [0.05, 0.1) is 0 Å². The maximum absolute atomic E-state index is 6.20. The lowest BCUT2D eigenvalue weighted by Gasteiger charge is -2.33. The Hall–Kier alpha value is -1.22. The molecule has 1 aliphatic rings. The van der Waals surface area contributed by atoms with Crippen molar-refractivity contribution in [3.05, 3.63) is 63.6 Å². The van der Waals surface area contributed by atoms with Crippen molar-refractivity contribution in [2.75, 3.05) is 18.4 Å². The van der Waals surface area contributed by atoms with E-state index < -0.39 is 0 Å². The Morgan fingerprint density at radius 2 is 1.74 bits per heavy atom. The molecule has 1 heterocycles. The predicted molar refractivity (Wildman–Crippen MR) is 99.6 cm³/mol. The minimum absolute atomic E-state index is 0.522. The average molecular weight is 349 g/mol. The molecule has 23 heavy (non-hydrogen) atoms. The number of nitrogens with one attached hydrogen (secondary N) is 1. The number of benzene rings is 2. The smallest absolute Gasteiger partial charge is 0.0455 e. The Labute approximate surface area is 148 Å². The molecule has 2 aromatic rings. The molecule has 4 heteroatoms. The molecule has 0 saturated carbocycles. The number of likely N-dealkylation sites (tertiary alicyclic amines) is 1. The summed E-state index contributed by atoms with van der Waals surface area (Å²) in [6.45, 7) is 5.29. The number of hydrogen-bond acceptors (Lipinski definition) is 2. The predicted octanol–water partition coefficient (Wildman–Crippen LogP) is 5.38. The van der Waals surface area contributed by atoms with Crippen LogP contribution < -0.4 is 5.32 Å². The van der Waals surface area contributed by atoms with Crippen LogP contribution in [-0.2, 0) is 6.54 Å². The molecule has 2 nitrogen and oxygen atoms in total. The van der Waals surface area contributed by atoms with Gasteiger partial charge >= 0.3 is 0 Å². The maximum atomic E-state index is 6.20. The topological polar surface area (TPSA) is 15.3 Å². The van der Waals surface area contributed by atoms with Crippen LogP contribution in [0.3, 0.4) is 0 Å².